The summed E-state index contributed by atoms with van der Waals surface area (Å²) < 4.78 is 33.1. The molecule has 0 N–H and O–H groups in total. The van der Waals surface area contributed by atoms with Crippen molar-refractivity contribution in [1.82, 2.24) is 4.90 Å². The molecule has 2 heterocycles. The van der Waals surface area contributed by atoms with Crippen LogP contribution in [0.4, 0.5) is 8.78 Å². The van der Waals surface area contributed by atoms with E-state index in [0.717, 1.165) is 6.42 Å². The average Bonchev–Trinajstić information content (AvgIpc) is 2.09. The Kier molecular flexibility index (Phi) is 3.12. The van der Waals surface area contributed by atoms with Crippen molar-refractivity contribution in [3.63, 3.8) is 0 Å². The van der Waals surface area contributed by atoms with Gasteiger partial charge in [0.15, 0.2) is 0 Å². The van der Waals surface area contributed by atoms with Crippen LogP contribution in [0.2, 0.25) is 0 Å². The lowest BCUT2D eigenvalue weighted by Gasteiger charge is -2.47. The molecule has 2 fully saturated rings. The summed E-state index contributed by atoms with van der Waals surface area (Å²) in [4.78, 5) is 13.6. The Morgan fingerprint density at radius 2 is 2.19 bits per heavy atom. The minimum absolute atomic E-state index is 0.00960. The third kappa shape index (κ3) is 1.91. The Balaban J connectivity index is 1.81. The zero-order chi connectivity index (χ0) is 11.8. The second-order valence-electron chi connectivity index (χ2n) is 4.36. The molecule has 0 aromatic heterocycles. The van der Waals surface area contributed by atoms with Gasteiger partial charge in [0.1, 0.15) is 0 Å². The number of halogens is 2. The highest BCUT2D eigenvalue weighted by Gasteiger charge is 2.49. The Morgan fingerprint density at radius 1 is 1.56 bits per heavy atom. The van der Waals surface area contributed by atoms with Crippen LogP contribution in [0.3, 0.4) is 0 Å². The van der Waals surface area contributed by atoms with Crippen LogP contribution in [0, 0.1) is 5.41 Å². The number of alkyl halides is 2. The molecule has 0 aliphatic carbocycles. The fourth-order valence-corrected chi connectivity index (χ4v) is 2.00. The van der Waals surface area contributed by atoms with Crippen LogP contribution in [-0.2, 0) is 14.3 Å². The van der Waals surface area contributed by atoms with Crippen molar-refractivity contribution in [2.24, 2.45) is 5.41 Å². The van der Waals surface area contributed by atoms with Crippen LogP contribution in [0.5, 0.6) is 0 Å². The quantitative estimate of drug-likeness (QED) is 0.725. The summed E-state index contributed by atoms with van der Waals surface area (Å²) in [6, 6.07) is 0. The van der Waals surface area contributed by atoms with Crippen molar-refractivity contribution in [1.29, 1.82) is 0 Å². The molecule has 2 saturated heterocycles. The molecule has 0 saturated carbocycles. The topological polar surface area (TPSA) is 38.8 Å². The summed E-state index contributed by atoms with van der Waals surface area (Å²) in [5.74, 6) is 0.00960. The number of rotatable bonds is 4. The number of likely N-dealkylation sites (tertiary alicyclic amines) is 1. The lowest BCUT2D eigenvalue weighted by atomic mass is 9.81. The highest BCUT2D eigenvalue weighted by Crippen LogP contribution is 2.35. The second kappa shape index (κ2) is 4.25. The molecule has 2 aliphatic rings. The molecular formula is C10H15F2NO3. The fourth-order valence-electron chi connectivity index (χ4n) is 2.00. The summed E-state index contributed by atoms with van der Waals surface area (Å²) >= 11 is 0. The van der Waals surface area contributed by atoms with Gasteiger partial charge in [-0.3, -0.25) is 4.79 Å². The van der Waals surface area contributed by atoms with Gasteiger partial charge >= 0.3 is 6.61 Å². The molecule has 0 bridgehead atoms. The minimum atomic E-state index is -2.76. The van der Waals surface area contributed by atoms with Gasteiger partial charge in [-0.15, -0.1) is 0 Å². The zero-order valence-corrected chi connectivity index (χ0v) is 9.12. The van der Waals surface area contributed by atoms with E-state index in [0.29, 0.717) is 13.2 Å². The van der Waals surface area contributed by atoms with E-state index in [1.54, 1.807) is 4.90 Å². The molecule has 92 valence electrons. The van der Waals surface area contributed by atoms with Crippen LogP contribution in [0.25, 0.3) is 0 Å². The maximum atomic E-state index is 12.0. The molecule has 2 aliphatic heterocycles. The van der Waals surface area contributed by atoms with Crippen LogP contribution in [0.1, 0.15) is 13.3 Å². The molecule has 1 amide bonds. The molecule has 0 spiro atoms. The van der Waals surface area contributed by atoms with Crippen molar-refractivity contribution in [3.05, 3.63) is 0 Å². The van der Waals surface area contributed by atoms with Gasteiger partial charge in [0.05, 0.1) is 24.7 Å². The van der Waals surface area contributed by atoms with Gasteiger partial charge in [-0.05, 0) is 6.42 Å². The minimum Gasteiger partial charge on any atom is -0.379 e. The van der Waals surface area contributed by atoms with Crippen molar-refractivity contribution in [2.45, 2.75) is 26.1 Å². The van der Waals surface area contributed by atoms with E-state index in [9.17, 15) is 13.6 Å². The summed E-state index contributed by atoms with van der Waals surface area (Å²) in [6.07, 6.45) is 0.210. The normalized spacial score (nSPS) is 24.1. The van der Waals surface area contributed by atoms with E-state index < -0.39 is 18.1 Å². The summed E-state index contributed by atoms with van der Waals surface area (Å²) in [7, 11) is 0. The zero-order valence-electron chi connectivity index (χ0n) is 9.12. The third-order valence-electron chi connectivity index (χ3n) is 3.32. The molecule has 4 nitrogen and oxygen atoms in total. The fraction of sp³-hybridized carbons (Fsp3) is 0.900. The Labute approximate surface area is 92.5 Å². The maximum Gasteiger partial charge on any atom is 0.345 e. The van der Waals surface area contributed by atoms with Gasteiger partial charge in [-0.25, -0.2) is 0 Å². The van der Waals surface area contributed by atoms with E-state index >= 15 is 0 Å². The summed E-state index contributed by atoms with van der Waals surface area (Å²) in [5.41, 5.74) is -0.407. The molecule has 2 rings (SSSR count). The molecule has 16 heavy (non-hydrogen) atoms. The van der Waals surface area contributed by atoms with Gasteiger partial charge in [0, 0.05) is 13.1 Å². The van der Waals surface area contributed by atoms with Crippen LogP contribution in [-0.4, -0.2) is 49.8 Å². The monoisotopic (exact) mass is 235 g/mol. The largest absolute Gasteiger partial charge is 0.379 e. The average molecular weight is 235 g/mol. The van der Waals surface area contributed by atoms with Gasteiger partial charge in [-0.2, -0.15) is 8.78 Å². The smallest absolute Gasteiger partial charge is 0.345 e. The summed E-state index contributed by atoms with van der Waals surface area (Å²) in [5, 5.41) is 0. The number of hydrogen-bond acceptors (Lipinski definition) is 3. The number of carbonyl (C=O) groups excluding carboxylic acids is 1. The number of amides is 1. The van der Waals surface area contributed by atoms with Gasteiger partial charge in [0.2, 0.25) is 5.91 Å². The van der Waals surface area contributed by atoms with E-state index in [1.807, 2.05) is 6.92 Å². The number of carbonyl (C=O) groups is 1. The van der Waals surface area contributed by atoms with Crippen molar-refractivity contribution < 1.29 is 23.0 Å². The molecule has 0 radical (unpaired) electrons. The first kappa shape index (κ1) is 11.7. The maximum absolute atomic E-state index is 12.0. The third-order valence-corrected chi connectivity index (χ3v) is 3.32. The standard InChI is InChI=1S/C10H15F2NO3/c1-2-10(5-15-6-10)8(14)13-3-7(4-13)16-9(11)12/h7,9H,2-6H2,1H3. The highest BCUT2D eigenvalue weighted by atomic mass is 19.3. The van der Waals surface area contributed by atoms with E-state index in [2.05, 4.69) is 4.74 Å². The van der Waals surface area contributed by atoms with Gasteiger partial charge in [-0.1, -0.05) is 6.92 Å². The molecule has 0 aromatic rings. The first-order valence-corrected chi connectivity index (χ1v) is 5.38. The van der Waals surface area contributed by atoms with Crippen LogP contribution in [0.15, 0.2) is 0 Å². The Hall–Kier alpha value is -0.750. The van der Waals surface area contributed by atoms with Crippen LogP contribution >= 0.6 is 0 Å². The summed E-state index contributed by atoms with van der Waals surface area (Å²) in [6.45, 7) is 0.608. The highest BCUT2D eigenvalue weighted by molar-refractivity contribution is 5.84. The molecular weight excluding hydrogens is 220 g/mol. The Morgan fingerprint density at radius 3 is 2.56 bits per heavy atom. The Bertz CT molecular complexity index is 270. The molecule has 0 unspecified atom stereocenters. The van der Waals surface area contributed by atoms with Crippen LogP contribution < -0.4 is 0 Å². The first-order chi connectivity index (χ1) is 7.57. The van der Waals surface area contributed by atoms with Crippen molar-refractivity contribution in [3.8, 4) is 0 Å². The van der Waals surface area contributed by atoms with E-state index in [1.165, 1.54) is 0 Å². The van der Waals surface area contributed by atoms with E-state index in [-0.39, 0.29) is 19.0 Å². The second-order valence-corrected chi connectivity index (χ2v) is 4.36. The molecule has 6 heteroatoms. The first-order valence-electron chi connectivity index (χ1n) is 5.38. The van der Waals surface area contributed by atoms with Crippen molar-refractivity contribution in [2.75, 3.05) is 26.3 Å². The lowest BCUT2D eigenvalue weighted by molar-refractivity contribution is -0.212. The van der Waals surface area contributed by atoms with Gasteiger partial charge in [0.25, 0.3) is 0 Å². The predicted molar refractivity (Wildman–Crippen MR) is 51.0 cm³/mol. The predicted octanol–water partition coefficient (Wildman–Crippen LogP) is 0.863. The molecule has 0 aromatic carbocycles. The van der Waals surface area contributed by atoms with Gasteiger partial charge < -0.3 is 14.4 Å². The number of nitrogens with zero attached hydrogens (tertiary/aromatic N) is 1. The SMILES string of the molecule is CCC1(C(=O)N2CC(OC(F)F)C2)COC1. The number of ether oxygens (including phenoxy) is 2. The van der Waals surface area contributed by atoms with Crippen molar-refractivity contribution >= 4 is 5.91 Å². The lowest BCUT2D eigenvalue weighted by Crippen LogP contribution is -2.63. The number of hydrogen-bond donors (Lipinski definition) is 0. The van der Waals surface area contributed by atoms with E-state index in [4.69, 9.17) is 4.74 Å². The molecule has 0 atom stereocenters.